The molecule has 5 aromatic rings. The van der Waals surface area contributed by atoms with Crippen LogP contribution in [-0.2, 0) is 6.54 Å². The number of aromatic nitrogens is 3. The summed E-state index contributed by atoms with van der Waals surface area (Å²) in [6, 6.07) is 22.7. The Morgan fingerprint density at radius 1 is 1.00 bits per heavy atom. The van der Waals surface area contributed by atoms with Crippen molar-refractivity contribution in [3.63, 3.8) is 0 Å². The molecule has 1 aliphatic heterocycles. The second-order valence-electron chi connectivity index (χ2n) is 9.07. The SMILES string of the molecule is Cc1nn(-c2ccccc2)c2c1CN(C(=O)Nc1cc(F)ccc1F)[C@H](c1ccc(Cl)cc1)c1cccn1-2. The summed E-state index contributed by atoms with van der Waals surface area (Å²) in [7, 11) is 0. The Labute approximate surface area is 222 Å². The monoisotopic (exact) mass is 529 g/mol. The first-order valence-electron chi connectivity index (χ1n) is 12.0. The van der Waals surface area contributed by atoms with E-state index in [1.165, 1.54) is 0 Å². The third-order valence-electron chi connectivity index (χ3n) is 6.70. The third-order valence-corrected chi connectivity index (χ3v) is 6.96. The van der Waals surface area contributed by atoms with E-state index in [1.807, 2.05) is 77.0 Å². The number of rotatable bonds is 3. The molecule has 1 atom stereocenters. The summed E-state index contributed by atoms with van der Waals surface area (Å²) < 4.78 is 32.3. The highest BCUT2D eigenvalue weighted by Crippen LogP contribution is 2.39. The smallest absolute Gasteiger partial charge is 0.307 e. The second kappa shape index (κ2) is 9.46. The summed E-state index contributed by atoms with van der Waals surface area (Å²) in [5.41, 5.74) is 3.83. The van der Waals surface area contributed by atoms with Gasteiger partial charge in [-0.15, -0.1) is 0 Å². The fourth-order valence-electron chi connectivity index (χ4n) is 4.93. The molecule has 0 bridgehead atoms. The van der Waals surface area contributed by atoms with E-state index in [4.69, 9.17) is 16.7 Å². The Morgan fingerprint density at radius 3 is 2.53 bits per heavy atom. The molecule has 0 spiro atoms. The van der Waals surface area contributed by atoms with Gasteiger partial charge in [-0.1, -0.05) is 41.9 Å². The van der Waals surface area contributed by atoms with Gasteiger partial charge in [0.05, 0.1) is 35.3 Å². The molecule has 2 aromatic heterocycles. The van der Waals surface area contributed by atoms with E-state index in [-0.39, 0.29) is 12.2 Å². The van der Waals surface area contributed by atoms with E-state index in [0.29, 0.717) is 5.02 Å². The van der Waals surface area contributed by atoms with Gasteiger partial charge in [0.2, 0.25) is 0 Å². The van der Waals surface area contributed by atoms with Gasteiger partial charge in [0.1, 0.15) is 17.5 Å². The lowest BCUT2D eigenvalue weighted by Crippen LogP contribution is -2.38. The molecule has 190 valence electrons. The van der Waals surface area contributed by atoms with Crippen molar-refractivity contribution >= 4 is 23.3 Å². The van der Waals surface area contributed by atoms with E-state index in [0.717, 1.165) is 52.2 Å². The molecule has 2 amide bonds. The number of nitrogens with zero attached hydrogens (tertiary/aromatic N) is 4. The number of para-hydroxylation sites is 1. The molecule has 0 unspecified atom stereocenters. The van der Waals surface area contributed by atoms with Crippen molar-refractivity contribution in [2.75, 3.05) is 5.32 Å². The number of amides is 2. The number of urea groups is 1. The van der Waals surface area contributed by atoms with Crippen LogP contribution in [0.1, 0.15) is 28.6 Å². The van der Waals surface area contributed by atoms with Crippen LogP contribution in [0.15, 0.2) is 91.1 Å². The maximum atomic E-state index is 14.5. The van der Waals surface area contributed by atoms with Crippen molar-refractivity contribution in [1.29, 1.82) is 0 Å². The van der Waals surface area contributed by atoms with Crippen LogP contribution in [0.5, 0.6) is 0 Å². The number of anilines is 1. The zero-order chi connectivity index (χ0) is 26.4. The van der Waals surface area contributed by atoms with Crippen molar-refractivity contribution in [1.82, 2.24) is 19.2 Å². The van der Waals surface area contributed by atoms with Crippen LogP contribution >= 0.6 is 11.6 Å². The molecule has 3 heterocycles. The van der Waals surface area contributed by atoms with Crippen LogP contribution in [-0.4, -0.2) is 25.3 Å². The number of nitrogens with one attached hydrogen (secondary N) is 1. The highest BCUT2D eigenvalue weighted by Gasteiger charge is 2.36. The molecule has 0 aliphatic carbocycles. The fraction of sp³-hybridized carbons (Fsp3) is 0.103. The topological polar surface area (TPSA) is 55.1 Å². The third kappa shape index (κ3) is 4.13. The van der Waals surface area contributed by atoms with Crippen LogP contribution in [0.25, 0.3) is 11.5 Å². The van der Waals surface area contributed by atoms with E-state index in [9.17, 15) is 13.6 Å². The molecule has 1 N–H and O–H groups in total. The van der Waals surface area contributed by atoms with Gasteiger partial charge in [-0.05, 0) is 61.0 Å². The minimum atomic E-state index is -0.727. The number of benzene rings is 3. The number of carbonyl (C=O) groups is 1. The number of hydrogen-bond acceptors (Lipinski definition) is 2. The summed E-state index contributed by atoms with van der Waals surface area (Å²) in [5.74, 6) is -0.572. The maximum absolute atomic E-state index is 14.5. The lowest BCUT2D eigenvalue weighted by Gasteiger charge is -2.31. The Hall–Kier alpha value is -4.43. The summed E-state index contributed by atoms with van der Waals surface area (Å²) in [4.78, 5) is 15.4. The fourth-order valence-corrected chi connectivity index (χ4v) is 5.05. The van der Waals surface area contributed by atoms with Crippen LogP contribution < -0.4 is 5.32 Å². The molecule has 0 saturated carbocycles. The van der Waals surface area contributed by atoms with E-state index < -0.39 is 23.7 Å². The molecule has 0 saturated heterocycles. The highest BCUT2D eigenvalue weighted by atomic mass is 35.5. The first kappa shape index (κ1) is 23.9. The van der Waals surface area contributed by atoms with Gasteiger partial charge in [-0.2, -0.15) is 5.10 Å². The van der Waals surface area contributed by atoms with Gasteiger partial charge >= 0.3 is 6.03 Å². The van der Waals surface area contributed by atoms with Gasteiger partial charge in [0.25, 0.3) is 0 Å². The van der Waals surface area contributed by atoms with Crippen molar-refractivity contribution in [2.45, 2.75) is 19.5 Å². The predicted octanol–water partition coefficient (Wildman–Crippen LogP) is 7.04. The van der Waals surface area contributed by atoms with Crippen LogP contribution in [0.4, 0.5) is 19.3 Å². The lowest BCUT2D eigenvalue weighted by atomic mass is 10.0. The second-order valence-corrected chi connectivity index (χ2v) is 9.51. The maximum Gasteiger partial charge on any atom is 0.323 e. The number of hydrogen-bond donors (Lipinski definition) is 1. The molecule has 6 rings (SSSR count). The highest BCUT2D eigenvalue weighted by molar-refractivity contribution is 6.30. The minimum Gasteiger partial charge on any atom is -0.307 e. The van der Waals surface area contributed by atoms with Gasteiger partial charge < -0.3 is 14.8 Å². The van der Waals surface area contributed by atoms with Crippen LogP contribution in [0.2, 0.25) is 5.02 Å². The van der Waals surface area contributed by atoms with Crippen molar-refractivity contribution in [2.24, 2.45) is 0 Å². The van der Waals surface area contributed by atoms with Gasteiger partial charge in [0, 0.05) is 22.8 Å². The first-order chi connectivity index (χ1) is 18.4. The molecule has 38 heavy (non-hydrogen) atoms. The lowest BCUT2D eigenvalue weighted by molar-refractivity contribution is 0.194. The van der Waals surface area contributed by atoms with Crippen LogP contribution in [0.3, 0.4) is 0 Å². The summed E-state index contributed by atoms with van der Waals surface area (Å²) in [6.07, 6.45) is 1.94. The molecule has 0 radical (unpaired) electrons. The predicted molar refractivity (Wildman–Crippen MR) is 142 cm³/mol. The van der Waals surface area contributed by atoms with Crippen molar-refractivity contribution in [3.8, 4) is 11.5 Å². The van der Waals surface area contributed by atoms with Gasteiger partial charge in [-0.3, -0.25) is 0 Å². The van der Waals surface area contributed by atoms with Crippen molar-refractivity contribution in [3.05, 3.63) is 130 Å². The van der Waals surface area contributed by atoms with E-state index in [2.05, 4.69) is 5.32 Å². The van der Waals surface area contributed by atoms with Crippen LogP contribution in [0, 0.1) is 18.6 Å². The van der Waals surface area contributed by atoms with Crippen molar-refractivity contribution < 1.29 is 13.6 Å². The zero-order valence-corrected chi connectivity index (χ0v) is 21.0. The average Bonchev–Trinajstić information content (AvgIpc) is 3.48. The standard InChI is InChI=1S/C29H22ClF2N5O/c1-18-23-17-36(29(38)33-25-16-21(31)13-14-24(25)32)27(19-9-11-20(30)12-10-19)26-8-5-15-35(26)28(23)37(34-18)22-6-3-2-4-7-22/h2-16,27H,17H2,1H3,(H,33,38)/t27-/m1/s1. The average molecular weight is 530 g/mol. The normalized spacial score (nSPS) is 14.5. The Balaban J connectivity index is 1.54. The molecule has 9 heteroatoms. The summed E-state index contributed by atoms with van der Waals surface area (Å²) >= 11 is 6.18. The number of aryl methyl sites for hydroxylation is 1. The molecule has 6 nitrogen and oxygen atoms in total. The van der Waals surface area contributed by atoms with Gasteiger partial charge in [0.15, 0.2) is 0 Å². The molecular weight excluding hydrogens is 508 g/mol. The molecular formula is C29H22ClF2N5O. The minimum absolute atomic E-state index is 0.172. The van der Waals surface area contributed by atoms with E-state index >= 15 is 0 Å². The quantitative estimate of drug-likeness (QED) is 0.272. The molecule has 1 aliphatic rings. The van der Waals surface area contributed by atoms with E-state index in [1.54, 1.807) is 17.0 Å². The molecule has 0 fully saturated rings. The zero-order valence-electron chi connectivity index (χ0n) is 20.3. The first-order valence-corrected chi connectivity index (χ1v) is 12.4. The Morgan fingerprint density at radius 2 is 1.76 bits per heavy atom. The van der Waals surface area contributed by atoms with Gasteiger partial charge in [-0.25, -0.2) is 18.3 Å². The summed E-state index contributed by atoms with van der Waals surface area (Å²) in [6.45, 7) is 2.07. The summed E-state index contributed by atoms with van der Waals surface area (Å²) in [5, 5.41) is 7.95. The Kier molecular flexibility index (Phi) is 5.96. The number of fused-ring (bicyclic) bond motifs is 3. The Bertz CT molecular complexity index is 1650. The number of carbonyl (C=O) groups excluding carboxylic acids is 1. The molecule has 3 aromatic carbocycles. The number of halogens is 3. The largest absolute Gasteiger partial charge is 0.323 e.